The van der Waals surface area contributed by atoms with E-state index in [0.717, 1.165) is 32.5 Å². The van der Waals surface area contributed by atoms with Crippen molar-refractivity contribution in [1.29, 1.82) is 0 Å². The number of aliphatic hydroxyl groups is 1. The van der Waals surface area contributed by atoms with Crippen LogP contribution in [0.4, 0.5) is 0 Å². The highest BCUT2D eigenvalue weighted by atomic mass is 16.5. The Bertz CT molecular complexity index is 165. The second-order valence-electron chi connectivity index (χ2n) is 4.68. The Kier molecular flexibility index (Phi) is 7.01. The number of hydrogen-bond acceptors (Lipinski definition) is 3. The molecule has 96 valence electrons. The molecule has 0 radical (unpaired) electrons. The van der Waals surface area contributed by atoms with Crippen molar-refractivity contribution in [1.82, 2.24) is 4.90 Å². The van der Waals surface area contributed by atoms with E-state index < -0.39 is 0 Å². The van der Waals surface area contributed by atoms with Crippen LogP contribution in [-0.4, -0.2) is 48.5 Å². The lowest BCUT2D eigenvalue weighted by Crippen LogP contribution is -2.43. The summed E-state index contributed by atoms with van der Waals surface area (Å²) in [6.45, 7) is 7.39. The summed E-state index contributed by atoms with van der Waals surface area (Å²) in [7, 11) is 0. The third-order valence-electron chi connectivity index (χ3n) is 3.56. The third-order valence-corrected chi connectivity index (χ3v) is 3.56. The van der Waals surface area contributed by atoms with Crippen LogP contribution in [0.1, 0.15) is 46.0 Å². The molecule has 0 aromatic carbocycles. The molecular weight excluding hydrogens is 202 g/mol. The highest BCUT2D eigenvalue weighted by Gasteiger charge is 2.21. The van der Waals surface area contributed by atoms with Crippen molar-refractivity contribution in [2.75, 3.05) is 26.3 Å². The normalized spacial score (nSPS) is 21.9. The van der Waals surface area contributed by atoms with E-state index in [9.17, 15) is 0 Å². The molecule has 3 nitrogen and oxygen atoms in total. The minimum Gasteiger partial charge on any atom is -0.395 e. The highest BCUT2D eigenvalue weighted by Crippen LogP contribution is 2.16. The molecule has 1 unspecified atom stereocenters. The average Bonchev–Trinajstić information content (AvgIpc) is 2.32. The smallest absolute Gasteiger partial charge is 0.0702 e. The highest BCUT2D eigenvalue weighted by molar-refractivity contribution is 4.74. The fourth-order valence-electron chi connectivity index (χ4n) is 2.57. The maximum absolute atomic E-state index is 9.12. The van der Waals surface area contributed by atoms with E-state index in [-0.39, 0.29) is 6.61 Å². The SMILES string of the molecule is CCC(CC)N(CCO)CC1CCCCO1. The second kappa shape index (κ2) is 8.04. The van der Waals surface area contributed by atoms with Gasteiger partial charge < -0.3 is 9.84 Å². The predicted molar refractivity (Wildman–Crippen MR) is 66.6 cm³/mol. The largest absolute Gasteiger partial charge is 0.395 e. The van der Waals surface area contributed by atoms with Crippen LogP contribution in [-0.2, 0) is 4.74 Å². The van der Waals surface area contributed by atoms with Gasteiger partial charge in [-0.15, -0.1) is 0 Å². The fraction of sp³-hybridized carbons (Fsp3) is 1.00. The van der Waals surface area contributed by atoms with Crippen LogP contribution in [0.15, 0.2) is 0 Å². The molecule has 0 spiro atoms. The Balaban J connectivity index is 2.41. The minimum absolute atomic E-state index is 0.253. The molecule has 1 N–H and O–H groups in total. The quantitative estimate of drug-likeness (QED) is 0.725. The van der Waals surface area contributed by atoms with E-state index in [1.165, 1.54) is 19.3 Å². The van der Waals surface area contributed by atoms with Gasteiger partial charge in [0.25, 0.3) is 0 Å². The van der Waals surface area contributed by atoms with Crippen molar-refractivity contribution in [2.45, 2.75) is 58.1 Å². The molecule has 1 aliphatic rings. The van der Waals surface area contributed by atoms with Gasteiger partial charge in [-0.2, -0.15) is 0 Å². The van der Waals surface area contributed by atoms with E-state index >= 15 is 0 Å². The first-order valence-corrected chi connectivity index (χ1v) is 6.78. The monoisotopic (exact) mass is 229 g/mol. The van der Waals surface area contributed by atoms with Crippen LogP contribution in [0, 0.1) is 0 Å². The summed E-state index contributed by atoms with van der Waals surface area (Å²) in [5.74, 6) is 0. The standard InChI is InChI=1S/C13H27NO2/c1-3-12(4-2)14(8-9-15)11-13-7-5-6-10-16-13/h12-13,15H,3-11H2,1-2H3. The number of rotatable bonds is 7. The van der Waals surface area contributed by atoms with Gasteiger partial charge >= 0.3 is 0 Å². The van der Waals surface area contributed by atoms with Gasteiger partial charge in [-0.25, -0.2) is 0 Å². The van der Waals surface area contributed by atoms with Gasteiger partial charge in [0.1, 0.15) is 0 Å². The Morgan fingerprint density at radius 1 is 1.31 bits per heavy atom. The summed E-state index contributed by atoms with van der Waals surface area (Å²) in [6.07, 6.45) is 6.39. The molecular formula is C13H27NO2. The topological polar surface area (TPSA) is 32.7 Å². The Morgan fingerprint density at radius 3 is 2.56 bits per heavy atom. The molecule has 0 amide bonds. The van der Waals surface area contributed by atoms with Gasteiger partial charge in [-0.05, 0) is 32.1 Å². The lowest BCUT2D eigenvalue weighted by Gasteiger charge is -2.34. The van der Waals surface area contributed by atoms with E-state index in [2.05, 4.69) is 18.7 Å². The van der Waals surface area contributed by atoms with Gasteiger partial charge in [0.15, 0.2) is 0 Å². The first kappa shape index (κ1) is 13.9. The van der Waals surface area contributed by atoms with Crippen LogP contribution in [0.25, 0.3) is 0 Å². The Morgan fingerprint density at radius 2 is 2.06 bits per heavy atom. The van der Waals surface area contributed by atoms with Crippen molar-refractivity contribution < 1.29 is 9.84 Å². The van der Waals surface area contributed by atoms with Crippen LogP contribution in [0.3, 0.4) is 0 Å². The number of aliphatic hydroxyl groups excluding tert-OH is 1. The molecule has 1 aliphatic heterocycles. The van der Waals surface area contributed by atoms with E-state index in [1.54, 1.807) is 0 Å². The molecule has 1 atom stereocenters. The third kappa shape index (κ3) is 4.40. The summed E-state index contributed by atoms with van der Waals surface area (Å²) >= 11 is 0. The van der Waals surface area contributed by atoms with Crippen molar-refractivity contribution in [3.63, 3.8) is 0 Å². The molecule has 1 fully saturated rings. The molecule has 0 aliphatic carbocycles. The zero-order valence-corrected chi connectivity index (χ0v) is 10.8. The first-order valence-electron chi connectivity index (χ1n) is 6.78. The lowest BCUT2D eigenvalue weighted by molar-refractivity contribution is -0.0174. The molecule has 3 heteroatoms. The molecule has 0 aromatic heterocycles. The van der Waals surface area contributed by atoms with Crippen molar-refractivity contribution >= 4 is 0 Å². The maximum atomic E-state index is 9.12. The van der Waals surface area contributed by atoms with Gasteiger partial charge in [-0.1, -0.05) is 13.8 Å². The zero-order chi connectivity index (χ0) is 11.8. The minimum atomic E-state index is 0.253. The van der Waals surface area contributed by atoms with Crippen molar-refractivity contribution in [3.05, 3.63) is 0 Å². The molecule has 16 heavy (non-hydrogen) atoms. The number of nitrogens with zero attached hydrogens (tertiary/aromatic N) is 1. The van der Waals surface area contributed by atoms with Crippen LogP contribution < -0.4 is 0 Å². The molecule has 1 heterocycles. The Hall–Kier alpha value is -0.120. The molecule has 0 saturated carbocycles. The summed E-state index contributed by atoms with van der Waals surface area (Å²) in [6, 6.07) is 0.595. The van der Waals surface area contributed by atoms with Crippen LogP contribution in [0.2, 0.25) is 0 Å². The number of ether oxygens (including phenoxy) is 1. The maximum Gasteiger partial charge on any atom is 0.0702 e. The molecule has 1 saturated heterocycles. The number of hydrogen-bond donors (Lipinski definition) is 1. The second-order valence-corrected chi connectivity index (χ2v) is 4.68. The van der Waals surface area contributed by atoms with Crippen molar-refractivity contribution in [2.24, 2.45) is 0 Å². The van der Waals surface area contributed by atoms with Crippen LogP contribution >= 0.6 is 0 Å². The van der Waals surface area contributed by atoms with Crippen molar-refractivity contribution in [3.8, 4) is 0 Å². The lowest BCUT2D eigenvalue weighted by atomic mass is 10.1. The Labute approximate surface area is 99.8 Å². The zero-order valence-electron chi connectivity index (χ0n) is 10.8. The van der Waals surface area contributed by atoms with Gasteiger partial charge in [-0.3, -0.25) is 4.90 Å². The van der Waals surface area contributed by atoms with Crippen LogP contribution in [0.5, 0.6) is 0 Å². The summed E-state index contributed by atoms with van der Waals surface area (Å²) in [4.78, 5) is 2.40. The van der Waals surface area contributed by atoms with E-state index in [0.29, 0.717) is 12.1 Å². The van der Waals surface area contributed by atoms with Gasteiger partial charge in [0, 0.05) is 25.7 Å². The summed E-state index contributed by atoms with van der Waals surface area (Å²) < 4.78 is 5.77. The van der Waals surface area contributed by atoms with E-state index in [4.69, 9.17) is 9.84 Å². The molecule has 1 rings (SSSR count). The summed E-state index contributed by atoms with van der Waals surface area (Å²) in [5.41, 5.74) is 0. The molecule has 0 bridgehead atoms. The average molecular weight is 229 g/mol. The van der Waals surface area contributed by atoms with Gasteiger partial charge in [0.2, 0.25) is 0 Å². The summed E-state index contributed by atoms with van der Waals surface area (Å²) in [5, 5.41) is 9.12. The van der Waals surface area contributed by atoms with Gasteiger partial charge in [0.05, 0.1) is 12.7 Å². The fourth-order valence-corrected chi connectivity index (χ4v) is 2.57. The van der Waals surface area contributed by atoms with E-state index in [1.807, 2.05) is 0 Å². The first-order chi connectivity index (χ1) is 7.81. The molecule has 0 aromatic rings. The predicted octanol–water partition coefficient (Wildman–Crippen LogP) is 2.04.